The number of carbonyl (C=O) groups excluding carboxylic acids is 2. The molecule has 8 nitrogen and oxygen atoms in total. The second-order valence-electron chi connectivity index (χ2n) is 9.12. The van der Waals surface area contributed by atoms with Crippen LogP contribution in [0.1, 0.15) is 47.3 Å². The fourth-order valence-corrected chi connectivity index (χ4v) is 4.71. The van der Waals surface area contributed by atoms with Crippen LogP contribution in [-0.4, -0.2) is 65.6 Å². The summed E-state index contributed by atoms with van der Waals surface area (Å²) >= 11 is 0. The van der Waals surface area contributed by atoms with E-state index in [2.05, 4.69) is 20.5 Å². The normalized spacial score (nSPS) is 23.4. The van der Waals surface area contributed by atoms with Crippen molar-refractivity contribution in [1.82, 2.24) is 20.5 Å². The molecule has 0 spiro atoms. The number of amides is 2. The molecule has 3 N–H and O–H groups in total. The third kappa shape index (κ3) is 5.51. The van der Waals surface area contributed by atoms with Crippen molar-refractivity contribution in [2.24, 2.45) is 0 Å². The summed E-state index contributed by atoms with van der Waals surface area (Å²) in [6.45, 7) is 3.48. The molecule has 176 valence electrons. The molecule has 0 bridgehead atoms. The van der Waals surface area contributed by atoms with Crippen molar-refractivity contribution in [3.63, 3.8) is 0 Å². The number of hydrogen-bond acceptors (Lipinski definition) is 6. The maximum absolute atomic E-state index is 12.2. The molecule has 8 heteroatoms. The van der Waals surface area contributed by atoms with Gasteiger partial charge < -0.3 is 20.5 Å². The van der Waals surface area contributed by atoms with Crippen LogP contribution in [0.2, 0.25) is 0 Å². The van der Waals surface area contributed by atoms with Gasteiger partial charge in [0, 0.05) is 24.7 Å². The molecular formula is C25H32N4O4. The van der Waals surface area contributed by atoms with Crippen molar-refractivity contribution in [3.8, 4) is 5.75 Å². The van der Waals surface area contributed by atoms with Crippen LogP contribution in [0.4, 0.5) is 0 Å². The number of likely N-dealkylation sites (tertiary alicyclic amines) is 1. The van der Waals surface area contributed by atoms with Crippen molar-refractivity contribution in [2.75, 3.05) is 26.7 Å². The van der Waals surface area contributed by atoms with Gasteiger partial charge in [-0.3, -0.25) is 19.5 Å². The van der Waals surface area contributed by atoms with Gasteiger partial charge in [0.1, 0.15) is 11.4 Å². The Morgan fingerprint density at radius 2 is 1.97 bits per heavy atom. The van der Waals surface area contributed by atoms with Gasteiger partial charge in [0.15, 0.2) is 0 Å². The Hall–Kier alpha value is -2.97. The Labute approximate surface area is 194 Å². The lowest BCUT2D eigenvalue weighted by Crippen LogP contribution is -2.63. The molecule has 33 heavy (non-hydrogen) atoms. The van der Waals surface area contributed by atoms with Crippen LogP contribution in [0.15, 0.2) is 42.6 Å². The van der Waals surface area contributed by atoms with Gasteiger partial charge >= 0.3 is 0 Å². The third-order valence-electron chi connectivity index (χ3n) is 6.71. The lowest BCUT2D eigenvalue weighted by Gasteiger charge is -2.48. The summed E-state index contributed by atoms with van der Waals surface area (Å²) < 4.78 is 5.15. The van der Waals surface area contributed by atoms with Gasteiger partial charge in [-0.1, -0.05) is 17.7 Å². The smallest absolute Gasteiger partial charge is 0.251 e. The average Bonchev–Trinajstić information content (AvgIpc) is 2.80. The molecule has 1 saturated carbocycles. The minimum Gasteiger partial charge on any atom is -0.495 e. The van der Waals surface area contributed by atoms with Crippen molar-refractivity contribution < 1.29 is 19.4 Å². The SMILES string of the molecule is COc1ccc(C2(O)CCC(N3CC(NC(=O)CNC(=O)c4cccc(C)c4)C3)CC2)nc1. The molecule has 1 aliphatic heterocycles. The van der Waals surface area contributed by atoms with Crippen LogP contribution in [0.5, 0.6) is 5.75 Å². The standard InChI is InChI=1S/C25H32N4O4/c1-17-4-3-5-18(12-17)24(31)27-14-23(30)28-19-15-29(16-19)20-8-10-25(32,11-9-20)22-7-6-21(33-2)13-26-22/h3-7,12-13,19-20,32H,8-11,14-16H2,1-2H3,(H,27,31)(H,28,30). The number of aryl methyl sites for hydroxylation is 1. The Bertz CT molecular complexity index is 980. The van der Waals surface area contributed by atoms with E-state index in [1.54, 1.807) is 25.4 Å². The molecule has 1 saturated heterocycles. The second kappa shape index (κ2) is 9.89. The number of aromatic nitrogens is 1. The highest BCUT2D eigenvalue weighted by atomic mass is 16.5. The van der Waals surface area contributed by atoms with Crippen molar-refractivity contribution in [1.29, 1.82) is 0 Å². The first-order valence-corrected chi connectivity index (χ1v) is 11.5. The van der Waals surface area contributed by atoms with Gasteiger partial charge in [-0.05, 0) is 56.9 Å². The summed E-state index contributed by atoms with van der Waals surface area (Å²) in [5.41, 5.74) is 1.36. The summed E-state index contributed by atoms with van der Waals surface area (Å²) in [6.07, 6.45) is 4.74. The molecule has 1 aromatic carbocycles. The first-order valence-electron chi connectivity index (χ1n) is 11.5. The maximum atomic E-state index is 12.2. The first kappa shape index (κ1) is 23.2. The zero-order valence-corrected chi connectivity index (χ0v) is 19.2. The van der Waals surface area contributed by atoms with Crippen LogP contribution >= 0.6 is 0 Å². The molecular weight excluding hydrogens is 420 g/mol. The molecule has 0 unspecified atom stereocenters. The minimum atomic E-state index is -0.892. The number of rotatable bonds is 7. The monoisotopic (exact) mass is 452 g/mol. The molecule has 2 amide bonds. The highest BCUT2D eigenvalue weighted by Gasteiger charge is 2.41. The number of carbonyl (C=O) groups is 2. The third-order valence-corrected chi connectivity index (χ3v) is 6.71. The molecule has 1 aromatic heterocycles. The molecule has 2 fully saturated rings. The van der Waals surface area contributed by atoms with E-state index in [1.165, 1.54) is 0 Å². The van der Waals surface area contributed by atoms with Crippen LogP contribution < -0.4 is 15.4 Å². The van der Waals surface area contributed by atoms with Crippen molar-refractivity contribution in [3.05, 3.63) is 59.4 Å². The zero-order valence-electron chi connectivity index (χ0n) is 19.2. The van der Waals surface area contributed by atoms with Crippen LogP contribution in [0.25, 0.3) is 0 Å². The quantitative estimate of drug-likeness (QED) is 0.592. The van der Waals surface area contributed by atoms with Crippen molar-refractivity contribution >= 4 is 11.8 Å². The largest absolute Gasteiger partial charge is 0.495 e. The van der Waals surface area contributed by atoms with E-state index in [0.29, 0.717) is 35.9 Å². The van der Waals surface area contributed by atoms with E-state index < -0.39 is 5.60 Å². The van der Waals surface area contributed by atoms with Crippen molar-refractivity contribution in [2.45, 2.75) is 50.3 Å². The van der Waals surface area contributed by atoms with Crippen LogP contribution in [0, 0.1) is 6.92 Å². The van der Waals surface area contributed by atoms with Crippen LogP contribution in [-0.2, 0) is 10.4 Å². The van der Waals surface area contributed by atoms with E-state index in [4.69, 9.17) is 4.74 Å². The number of aliphatic hydroxyl groups is 1. The predicted octanol–water partition coefficient (Wildman–Crippen LogP) is 1.76. The minimum absolute atomic E-state index is 0.0331. The molecule has 2 aliphatic rings. The maximum Gasteiger partial charge on any atom is 0.251 e. The molecule has 0 atom stereocenters. The molecule has 4 rings (SSSR count). The van der Waals surface area contributed by atoms with E-state index in [9.17, 15) is 14.7 Å². The summed E-state index contributed by atoms with van der Waals surface area (Å²) in [5.74, 6) is 0.258. The van der Waals surface area contributed by atoms with Gasteiger partial charge in [-0.15, -0.1) is 0 Å². The summed E-state index contributed by atoms with van der Waals surface area (Å²) in [6, 6.07) is 11.5. The summed E-state index contributed by atoms with van der Waals surface area (Å²) in [4.78, 5) is 31.2. The number of methoxy groups -OCH3 is 1. The van der Waals surface area contributed by atoms with E-state index >= 15 is 0 Å². The van der Waals surface area contributed by atoms with E-state index in [1.807, 2.05) is 31.2 Å². The van der Waals surface area contributed by atoms with Gasteiger partial charge in [0.2, 0.25) is 5.91 Å². The van der Waals surface area contributed by atoms with Gasteiger partial charge in [0.25, 0.3) is 5.91 Å². The number of pyridine rings is 1. The number of ether oxygens (including phenoxy) is 1. The van der Waals surface area contributed by atoms with Gasteiger partial charge in [-0.25, -0.2) is 0 Å². The highest BCUT2D eigenvalue weighted by molar-refractivity contribution is 5.96. The fourth-order valence-electron chi connectivity index (χ4n) is 4.71. The second-order valence-corrected chi connectivity index (χ2v) is 9.12. The Kier molecular flexibility index (Phi) is 6.95. The number of benzene rings is 1. The topological polar surface area (TPSA) is 104 Å². The first-order chi connectivity index (χ1) is 15.9. The molecule has 2 heterocycles. The zero-order chi connectivity index (χ0) is 23.4. The lowest BCUT2D eigenvalue weighted by atomic mass is 9.78. The Morgan fingerprint density at radius 3 is 2.61 bits per heavy atom. The number of nitrogens with zero attached hydrogens (tertiary/aromatic N) is 2. The number of nitrogens with one attached hydrogen (secondary N) is 2. The lowest BCUT2D eigenvalue weighted by molar-refractivity contribution is -0.122. The van der Waals surface area contributed by atoms with Crippen LogP contribution in [0.3, 0.4) is 0 Å². The summed E-state index contributed by atoms with van der Waals surface area (Å²) in [5, 5.41) is 16.7. The fraction of sp³-hybridized carbons (Fsp3) is 0.480. The summed E-state index contributed by atoms with van der Waals surface area (Å²) in [7, 11) is 1.60. The molecule has 0 radical (unpaired) electrons. The average molecular weight is 453 g/mol. The molecule has 1 aliphatic carbocycles. The highest BCUT2D eigenvalue weighted by Crippen LogP contribution is 2.39. The predicted molar refractivity (Wildman–Crippen MR) is 124 cm³/mol. The number of hydrogen-bond donors (Lipinski definition) is 3. The van der Waals surface area contributed by atoms with E-state index in [0.717, 1.165) is 31.5 Å². The van der Waals surface area contributed by atoms with E-state index in [-0.39, 0.29) is 24.4 Å². The Balaban J connectivity index is 1.17. The molecule has 2 aromatic rings. The Morgan fingerprint density at radius 1 is 1.21 bits per heavy atom. The van der Waals surface area contributed by atoms with Gasteiger partial charge in [-0.2, -0.15) is 0 Å². The van der Waals surface area contributed by atoms with Gasteiger partial charge in [0.05, 0.1) is 31.6 Å².